The molecule has 0 aromatic carbocycles. The first-order valence-electron chi connectivity index (χ1n) is 8.54. The molecule has 148 valence electrons. The molecule has 1 amide bonds. The van der Waals surface area contributed by atoms with Gasteiger partial charge in [0, 0.05) is 28.7 Å². The molecule has 0 aliphatic heterocycles. The number of fused-ring (bicyclic) bond motifs is 2. The third-order valence-electron chi connectivity index (χ3n) is 4.44. The first-order chi connectivity index (χ1) is 14.0. The molecule has 4 rings (SSSR count). The molecule has 0 bridgehead atoms. The van der Waals surface area contributed by atoms with Crippen LogP contribution in [0.4, 0.5) is 4.39 Å². The highest BCUT2D eigenvalue weighted by atomic mass is 19.1. The lowest BCUT2D eigenvalue weighted by Crippen LogP contribution is -2.44. The predicted octanol–water partition coefficient (Wildman–Crippen LogP) is 0.675. The van der Waals surface area contributed by atoms with Crippen LogP contribution >= 0.6 is 0 Å². The Morgan fingerprint density at radius 2 is 2.10 bits per heavy atom. The summed E-state index contributed by atoms with van der Waals surface area (Å²) in [5.74, 6) is -2.40. The molecule has 10 nitrogen and oxygen atoms in total. The van der Waals surface area contributed by atoms with Crippen molar-refractivity contribution < 1.29 is 24.2 Å². The SMILES string of the molecule is O=C(Cn1ccc2c(-c3c[nH]c4ncc(F)cc34)ncnc21)N[C@@H](CO)C(=O)O. The number of H-pyrrole nitrogens is 1. The van der Waals surface area contributed by atoms with Crippen LogP contribution in [-0.2, 0) is 16.1 Å². The van der Waals surface area contributed by atoms with Crippen LogP contribution in [0.5, 0.6) is 0 Å². The highest BCUT2D eigenvalue weighted by molar-refractivity contribution is 6.01. The van der Waals surface area contributed by atoms with Crippen LogP contribution in [0.1, 0.15) is 0 Å². The standard InChI is InChI=1S/C18H15FN6O4/c19-9-3-11-12(5-21-16(11)20-4-9)15-10-1-2-25(17(10)23-8-22-15)6-14(27)24-13(7-26)18(28)29/h1-5,8,13,26H,6-7H2,(H,20,21)(H,24,27)(H,28,29)/t13-/m0/s1. The van der Waals surface area contributed by atoms with E-state index in [4.69, 9.17) is 10.2 Å². The van der Waals surface area contributed by atoms with Crippen LogP contribution in [0.2, 0.25) is 0 Å². The van der Waals surface area contributed by atoms with Crippen molar-refractivity contribution in [3.8, 4) is 11.3 Å². The molecule has 1 atom stereocenters. The fourth-order valence-electron chi connectivity index (χ4n) is 3.10. The quantitative estimate of drug-likeness (QED) is 0.373. The van der Waals surface area contributed by atoms with Gasteiger partial charge in [-0.05, 0) is 12.1 Å². The van der Waals surface area contributed by atoms with Gasteiger partial charge in [-0.3, -0.25) is 4.79 Å². The number of carboxylic acid groups (broad SMARTS) is 1. The number of aromatic amines is 1. The molecule has 0 fully saturated rings. The van der Waals surface area contributed by atoms with Crippen LogP contribution in [0, 0.1) is 5.82 Å². The Balaban J connectivity index is 1.69. The van der Waals surface area contributed by atoms with E-state index in [0.29, 0.717) is 33.3 Å². The van der Waals surface area contributed by atoms with Crippen molar-refractivity contribution in [2.75, 3.05) is 6.61 Å². The van der Waals surface area contributed by atoms with Crippen molar-refractivity contribution in [3.63, 3.8) is 0 Å². The molecule has 0 saturated heterocycles. The molecule has 0 spiro atoms. The Hall–Kier alpha value is -3.86. The van der Waals surface area contributed by atoms with E-state index in [9.17, 15) is 14.0 Å². The minimum absolute atomic E-state index is 0.201. The van der Waals surface area contributed by atoms with Gasteiger partial charge >= 0.3 is 5.97 Å². The van der Waals surface area contributed by atoms with Gasteiger partial charge in [0.15, 0.2) is 0 Å². The van der Waals surface area contributed by atoms with Gasteiger partial charge < -0.3 is 25.1 Å². The predicted molar refractivity (Wildman–Crippen MR) is 99.2 cm³/mol. The molecule has 4 heterocycles. The lowest BCUT2D eigenvalue weighted by atomic mass is 10.1. The lowest BCUT2D eigenvalue weighted by molar-refractivity contribution is -0.143. The molecule has 29 heavy (non-hydrogen) atoms. The minimum atomic E-state index is -1.39. The van der Waals surface area contributed by atoms with Crippen LogP contribution in [0.25, 0.3) is 33.3 Å². The van der Waals surface area contributed by atoms with E-state index in [0.717, 1.165) is 6.20 Å². The first-order valence-corrected chi connectivity index (χ1v) is 8.54. The highest BCUT2D eigenvalue weighted by Crippen LogP contribution is 2.31. The topological polar surface area (TPSA) is 146 Å². The third-order valence-corrected chi connectivity index (χ3v) is 4.44. The van der Waals surface area contributed by atoms with E-state index in [2.05, 4.69) is 25.3 Å². The maximum atomic E-state index is 13.6. The van der Waals surface area contributed by atoms with Gasteiger partial charge in [0.2, 0.25) is 5.91 Å². The van der Waals surface area contributed by atoms with Gasteiger partial charge in [-0.15, -0.1) is 0 Å². The van der Waals surface area contributed by atoms with Gasteiger partial charge in [0.05, 0.1) is 18.5 Å². The summed E-state index contributed by atoms with van der Waals surface area (Å²) in [6, 6.07) is 1.68. The Labute approximate surface area is 162 Å². The number of aliphatic hydroxyl groups is 1. The summed E-state index contributed by atoms with van der Waals surface area (Å²) in [7, 11) is 0. The van der Waals surface area contributed by atoms with Crippen molar-refractivity contribution in [2.45, 2.75) is 12.6 Å². The second-order valence-corrected chi connectivity index (χ2v) is 6.30. The third kappa shape index (κ3) is 3.38. The fraction of sp³-hybridized carbons (Fsp3) is 0.167. The summed E-state index contributed by atoms with van der Waals surface area (Å²) in [4.78, 5) is 38.6. The van der Waals surface area contributed by atoms with Gasteiger partial charge in [-0.2, -0.15) is 0 Å². The average molecular weight is 398 g/mol. The normalized spacial score (nSPS) is 12.3. The number of carboxylic acids is 1. The average Bonchev–Trinajstić information content (AvgIpc) is 3.29. The zero-order chi connectivity index (χ0) is 20.5. The molecule has 4 aromatic rings. The number of aromatic nitrogens is 5. The van der Waals surface area contributed by atoms with E-state index in [1.54, 1.807) is 18.5 Å². The summed E-state index contributed by atoms with van der Waals surface area (Å²) >= 11 is 0. The van der Waals surface area contributed by atoms with Crippen molar-refractivity contribution in [1.29, 1.82) is 0 Å². The zero-order valence-corrected chi connectivity index (χ0v) is 14.8. The van der Waals surface area contributed by atoms with Crippen molar-refractivity contribution in [3.05, 3.63) is 42.9 Å². The first kappa shape index (κ1) is 18.5. The van der Waals surface area contributed by atoms with E-state index >= 15 is 0 Å². The number of nitrogens with one attached hydrogen (secondary N) is 2. The van der Waals surface area contributed by atoms with Crippen molar-refractivity contribution >= 4 is 33.9 Å². The van der Waals surface area contributed by atoms with E-state index < -0.39 is 30.3 Å². The molecular formula is C18H15FN6O4. The number of halogens is 1. The number of rotatable bonds is 6. The number of pyridine rings is 1. The summed E-state index contributed by atoms with van der Waals surface area (Å²) in [6.07, 6.45) is 5.72. The molecule has 0 unspecified atom stereocenters. The van der Waals surface area contributed by atoms with Gasteiger partial charge in [0.1, 0.15) is 36.0 Å². The van der Waals surface area contributed by atoms with Crippen molar-refractivity contribution in [1.82, 2.24) is 29.8 Å². The fourth-order valence-corrected chi connectivity index (χ4v) is 3.10. The number of nitrogens with zero attached hydrogens (tertiary/aromatic N) is 4. The lowest BCUT2D eigenvalue weighted by Gasteiger charge is -2.12. The Kier molecular flexibility index (Phi) is 4.64. The number of amides is 1. The van der Waals surface area contributed by atoms with E-state index in [1.807, 2.05) is 0 Å². The number of aliphatic hydroxyl groups excluding tert-OH is 1. The number of carbonyl (C=O) groups excluding carboxylic acids is 1. The van der Waals surface area contributed by atoms with Gasteiger partial charge in [0.25, 0.3) is 0 Å². The van der Waals surface area contributed by atoms with Crippen molar-refractivity contribution in [2.24, 2.45) is 0 Å². The number of hydrogen-bond donors (Lipinski definition) is 4. The minimum Gasteiger partial charge on any atom is -0.480 e. The maximum Gasteiger partial charge on any atom is 0.328 e. The summed E-state index contributed by atoms with van der Waals surface area (Å²) in [5, 5.41) is 21.4. The molecule has 4 N–H and O–H groups in total. The van der Waals surface area contributed by atoms with Gasteiger partial charge in [-0.1, -0.05) is 0 Å². The number of carbonyl (C=O) groups is 2. The van der Waals surface area contributed by atoms with Gasteiger partial charge in [-0.25, -0.2) is 24.1 Å². The zero-order valence-electron chi connectivity index (χ0n) is 14.8. The number of hydrogen-bond acceptors (Lipinski definition) is 6. The Morgan fingerprint density at radius 1 is 1.28 bits per heavy atom. The summed E-state index contributed by atoms with van der Waals surface area (Å²) in [5.41, 5.74) is 2.12. The monoisotopic (exact) mass is 398 g/mol. The smallest absolute Gasteiger partial charge is 0.328 e. The summed E-state index contributed by atoms with van der Waals surface area (Å²) < 4.78 is 15.2. The summed E-state index contributed by atoms with van der Waals surface area (Å²) in [6.45, 7) is -0.918. The van der Waals surface area contributed by atoms with Crippen LogP contribution in [0.15, 0.2) is 37.1 Å². The molecule has 4 aromatic heterocycles. The molecular weight excluding hydrogens is 383 g/mol. The Morgan fingerprint density at radius 3 is 2.86 bits per heavy atom. The van der Waals surface area contributed by atoms with E-state index in [-0.39, 0.29) is 6.54 Å². The van der Waals surface area contributed by atoms with Crippen LogP contribution in [-0.4, -0.2) is 59.2 Å². The Bertz CT molecular complexity index is 1230. The second kappa shape index (κ2) is 7.28. The molecule has 11 heteroatoms. The maximum absolute atomic E-state index is 13.6. The molecule has 0 saturated carbocycles. The number of aliphatic carboxylic acids is 1. The largest absolute Gasteiger partial charge is 0.480 e. The second-order valence-electron chi connectivity index (χ2n) is 6.30. The molecule has 0 aliphatic rings. The van der Waals surface area contributed by atoms with Crippen LogP contribution < -0.4 is 5.32 Å². The van der Waals surface area contributed by atoms with E-state index in [1.165, 1.54) is 17.0 Å². The highest BCUT2D eigenvalue weighted by Gasteiger charge is 2.20. The molecule has 0 radical (unpaired) electrons. The van der Waals surface area contributed by atoms with Crippen LogP contribution in [0.3, 0.4) is 0 Å². The molecule has 0 aliphatic carbocycles.